The molecular formula is C41H70N2. The molecule has 0 spiro atoms. The second kappa shape index (κ2) is 24.7. The highest BCUT2D eigenvalue weighted by Gasteiger charge is 2.36. The molecule has 0 radical (unpaired) electrons. The van der Waals surface area contributed by atoms with Crippen molar-refractivity contribution >= 4 is 0 Å². The summed E-state index contributed by atoms with van der Waals surface area (Å²) in [6.07, 6.45) is 30.2. The minimum Gasteiger partial charge on any atom is -0.289 e. The lowest BCUT2D eigenvalue weighted by molar-refractivity contribution is 0.245. The molecule has 0 heterocycles. The summed E-state index contributed by atoms with van der Waals surface area (Å²) in [4.78, 5) is 0. The van der Waals surface area contributed by atoms with Crippen LogP contribution in [0.4, 0.5) is 0 Å². The van der Waals surface area contributed by atoms with Crippen LogP contribution >= 0.6 is 0 Å². The van der Waals surface area contributed by atoms with E-state index in [0.717, 1.165) is 0 Å². The molecule has 0 fully saturated rings. The Balaban J connectivity index is 1.91. The lowest BCUT2D eigenvalue weighted by atomic mass is 9.88. The van der Waals surface area contributed by atoms with Gasteiger partial charge in [0.25, 0.3) is 0 Å². The Labute approximate surface area is 268 Å². The van der Waals surface area contributed by atoms with Gasteiger partial charge in [-0.15, -0.1) is 0 Å². The predicted octanol–water partition coefficient (Wildman–Crippen LogP) is 12.5. The molecule has 0 aromatic heterocycles. The Morgan fingerprint density at radius 2 is 0.698 bits per heavy atom. The van der Waals surface area contributed by atoms with Crippen LogP contribution in [0.25, 0.3) is 0 Å². The summed E-state index contributed by atoms with van der Waals surface area (Å²) in [5.74, 6) is 0. The first-order valence-electron chi connectivity index (χ1n) is 18.8. The van der Waals surface area contributed by atoms with E-state index in [2.05, 4.69) is 99.0 Å². The molecule has 2 heteroatoms. The zero-order valence-electron chi connectivity index (χ0n) is 29.0. The van der Waals surface area contributed by atoms with Gasteiger partial charge in [-0.25, -0.2) is 0 Å². The quantitative estimate of drug-likeness (QED) is 0.0760. The highest BCUT2D eigenvalue weighted by Crippen LogP contribution is 2.30. The number of benzene rings is 2. The molecule has 2 rings (SSSR count). The van der Waals surface area contributed by atoms with Crippen molar-refractivity contribution in [3.8, 4) is 0 Å². The predicted molar refractivity (Wildman–Crippen MR) is 192 cm³/mol. The van der Waals surface area contributed by atoms with Crippen LogP contribution in [0, 0.1) is 0 Å². The lowest BCUT2D eigenvalue weighted by Gasteiger charge is -2.42. The van der Waals surface area contributed by atoms with Gasteiger partial charge in [-0.3, -0.25) is 10.6 Å². The Bertz CT molecular complexity index is 790. The van der Waals surface area contributed by atoms with Crippen molar-refractivity contribution in [3.63, 3.8) is 0 Å². The summed E-state index contributed by atoms with van der Waals surface area (Å²) in [6, 6.07) is 23.1. The summed E-state index contributed by atoms with van der Waals surface area (Å²) in [7, 11) is 0. The minimum atomic E-state index is -0.391. The van der Waals surface area contributed by atoms with Crippen molar-refractivity contribution < 1.29 is 0 Å². The summed E-state index contributed by atoms with van der Waals surface area (Å²) in [6.45, 7) is 9.39. The topological polar surface area (TPSA) is 24.1 Å². The van der Waals surface area contributed by atoms with Crippen molar-refractivity contribution in [1.29, 1.82) is 0 Å². The van der Waals surface area contributed by atoms with Crippen LogP contribution in [0.2, 0.25) is 0 Å². The summed E-state index contributed by atoms with van der Waals surface area (Å²) in [5, 5.41) is 8.31. The molecule has 2 aromatic rings. The fourth-order valence-electron chi connectivity index (χ4n) is 6.68. The monoisotopic (exact) mass is 591 g/mol. The van der Waals surface area contributed by atoms with Gasteiger partial charge in [0.05, 0.1) is 0 Å². The van der Waals surface area contributed by atoms with E-state index in [1.54, 1.807) is 0 Å². The molecular weight excluding hydrogens is 520 g/mol. The van der Waals surface area contributed by atoms with Crippen molar-refractivity contribution in [2.24, 2.45) is 0 Å². The average molecular weight is 591 g/mol. The molecule has 0 aliphatic heterocycles. The smallest absolute Gasteiger partial charge is 0.122 e. The van der Waals surface area contributed by atoms with Gasteiger partial charge in [0, 0.05) is 12.1 Å². The van der Waals surface area contributed by atoms with Crippen LogP contribution in [-0.4, -0.2) is 12.1 Å². The number of hydrogen-bond acceptors (Lipinski definition) is 2. The second-order valence-corrected chi connectivity index (χ2v) is 13.5. The third-order valence-corrected chi connectivity index (χ3v) is 9.32. The van der Waals surface area contributed by atoms with Crippen LogP contribution < -0.4 is 10.6 Å². The van der Waals surface area contributed by atoms with Gasteiger partial charge in [0.15, 0.2) is 0 Å². The lowest BCUT2D eigenvalue weighted by Crippen LogP contribution is -2.60. The molecule has 2 atom stereocenters. The molecule has 0 bridgehead atoms. The van der Waals surface area contributed by atoms with Gasteiger partial charge in [0.1, 0.15) is 5.66 Å². The van der Waals surface area contributed by atoms with Crippen molar-refractivity contribution in [2.45, 2.75) is 187 Å². The fraction of sp³-hybridized carbons (Fsp3) is 0.707. The molecule has 2 unspecified atom stereocenters. The van der Waals surface area contributed by atoms with Gasteiger partial charge in [-0.05, 0) is 37.8 Å². The van der Waals surface area contributed by atoms with Gasteiger partial charge >= 0.3 is 0 Å². The molecule has 0 saturated heterocycles. The number of hydrogen-bond donors (Lipinski definition) is 2. The van der Waals surface area contributed by atoms with Crippen LogP contribution in [-0.2, 0) is 5.66 Å². The third-order valence-electron chi connectivity index (χ3n) is 9.32. The standard InChI is InChI=1S/C41H70N2/c1-5-7-9-11-13-15-17-19-21-25-31-37(3)42-41(39-33-27-23-28-34-39,40-35-29-24-30-36-40)43-38(4)32-26-22-20-18-16-14-12-10-8-6-2/h23-24,27-30,33-38,42-43H,5-22,25-26,31-32H2,1-4H3. The van der Waals surface area contributed by atoms with E-state index < -0.39 is 5.66 Å². The van der Waals surface area contributed by atoms with E-state index in [0.29, 0.717) is 12.1 Å². The average Bonchev–Trinajstić information content (AvgIpc) is 3.03. The summed E-state index contributed by atoms with van der Waals surface area (Å²) >= 11 is 0. The maximum atomic E-state index is 4.15. The van der Waals surface area contributed by atoms with Gasteiger partial charge in [0.2, 0.25) is 0 Å². The first-order chi connectivity index (χ1) is 21.1. The molecule has 244 valence electrons. The van der Waals surface area contributed by atoms with Gasteiger partial charge in [-0.2, -0.15) is 0 Å². The highest BCUT2D eigenvalue weighted by molar-refractivity contribution is 5.38. The number of nitrogens with one attached hydrogen (secondary N) is 2. The Morgan fingerprint density at radius 1 is 0.419 bits per heavy atom. The Morgan fingerprint density at radius 3 is 1.00 bits per heavy atom. The van der Waals surface area contributed by atoms with Crippen molar-refractivity contribution in [3.05, 3.63) is 71.8 Å². The molecule has 43 heavy (non-hydrogen) atoms. The molecule has 0 aliphatic carbocycles. The normalized spacial score (nSPS) is 13.3. The SMILES string of the molecule is CCCCCCCCCCCCC(C)NC(NC(C)CCCCCCCCCCCC)(c1ccccc1)c1ccccc1. The Hall–Kier alpha value is -1.64. The largest absolute Gasteiger partial charge is 0.289 e. The maximum absolute atomic E-state index is 4.15. The maximum Gasteiger partial charge on any atom is 0.122 e. The number of rotatable bonds is 28. The van der Waals surface area contributed by atoms with E-state index in [9.17, 15) is 0 Å². The van der Waals surface area contributed by atoms with Crippen LogP contribution in [0.15, 0.2) is 60.7 Å². The van der Waals surface area contributed by atoms with E-state index in [4.69, 9.17) is 0 Å². The van der Waals surface area contributed by atoms with Crippen LogP contribution in [0.5, 0.6) is 0 Å². The van der Waals surface area contributed by atoms with Gasteiger partial charge < -0.3 is 0 Å². The molecule has 2 nitrogen and oxygen atoms in total. The van der Waals surface area contributed by atoms with Crippen LogP contribution in [0.3, 0.4) is 0 Å². The minimum absolute atomic E-state index is 0.391. The first kappa shape index (κ1) is 37.5. The molecule has 2 N–H and O–H groups in total. The summed E-state index contributed by atoms with van der Waals surface area (Å²) < 4.78 is 0. The van der Waals surface area contributed by atoms with Crippen LogP contribution in [0.1, 0.15) is 180 Å². The molecule has 0 aliphatic rings. The highest BCUT2D eigenvalue weighted by atomic mass is 15.2. The number of unbranched alkanes of at least 4 members (excludes halogenated alkanes) is 18. The zero-order chi connectivity index (χ0) is 30.9. The van der Waals surface area contributed by atoms with Gasteiger partial charge in [-0.1, -0.05) is 203 Å². The molecule has 2 aromatic carbocycles. The second-order valence-electron chi connectivity index (χ2n) is 13.5. The van der Waals surface area contributed by atoms with Crippen molar-refractivity contribution in [2.75, 3.05) is 0 Å². The third kappa shape index (κ3) is 16.3. The zero-order valence-corrected chi connectivity index (χ0v) is 29.0. The van der Waals surface area contributed by atoms with E-state index in [-0.39, 0.29) is 0 Å². The molecule has 0 saturated carbocycles. The van der Waals surface area contributed by atoms with Crippen molar-refractivity contribution in [1.82, 2.24) is 10.6 Å². The first-order valence-corrected chi connectivity index (χ1v) is 18.8. The molecule has 0 amide bonds. The fourth-order valence-corrected chi connectivity index (χ4v) is 6.68. The Kier molecular flexibility index (Phi) is 21.5. The van der Waals surface area contributed by atoms with E-state index >= 15 is 0 Å². The summed E-state index contributed by atoms with van der Waals surface area (Å²) in [5.41, 5.74) is 2.23. The van der Waals surface area contributed by atoms with E-state index in [1.165, 1.54) is 152 Å². The van der Waals surface area contributed by atoms with E-state index in [1.807, 2.05) is 0 Å².